The molecule has 6 nitrogen and oxygen atoms in total. The number of rotatable bonds is 4. The fourth-order valence-corrected chi connectivity index (χ4v) is 2.95. The molecule has 114 valence electrons. The molecule has 1 N–H and O–H groups in total. The highest BCUT2D eigenvalue weighted by molar-refractivity contribution is 6.05. The van der Waals surface area contributed by atoms with Gasteiger partial charge in [0.15, 0.2) is 0 Å². The third kappa shape index (κ3) is 2.47. The minimum absolute atomic E-state index is 0.0823. The van der Waals surface area contributed by atoms with Crippen LogP contribution in [0.2, 0.25) is 0 Å². The summed E-state index contributed by atoms with van der Waals surface area (Å²) in [6, 6.07) is 7.94. The monoisotopic (exact) mass is 300 g/mol. The first kappa shape index (κ1) is 14.3. The van der Waals surface area contributed by atoms with Gasteiger partial charge in [0, 0.05) is 25.2 Å². The van der Waals surface area contributed by atoms with Crippen LogP contribution in [0.15, 0.2) is 30.5 Å². The summed E-state index contributed by atoms with van der Waals surface area (Å²) in [5.74, 6) is -2.43. The number of aliphatic carboxylic acids is 1. The van der Waals surface area contributed by atoms with Crippen LogP contribution < -0.4 is 0 Å². The lowest BCUT2D eigenvalue weighted by molar-refractivity contribution is -0.149. The van der Waals surface area contributed by atoms with Crippen LogP contribution in [-0.2, 0) is 27.9 Å². The van der Waals surface area contributed by atoms with E-state index >= 15 is 0 Å². The van der Waals surface area contributed by atoms with Crippen molar-refractivity contribution < 1.29 is 19.5 Å². The Hall–Kier alpha value is -2.63. The van der Waals surface area contributed by atoms with Crippen LogP contribution in [0, 0.1) is 5.92 Å². The summed E-state index contributed by atoms with van der Waals surface area (Å²) in [5, 5.41) is 9.84. The Labute approximate surface area is 126 Å². The van der Waals surface area contributed by atoms with Crippen LogP contribution in [0.4, 0.5) is 0 Å². The van der Waals surface area contributed by atoms with Crippen molar-refractivity contribution in [1.29, 1.82) is 0 Å². The zero-order chi connectivity index (χ0) is 15.9. The van der Waals surface area contributed by atoms with Gasteiger partial charge in [0.25, 0.3) is 0 Å². The van der Waals surface area contributed by atoms with E-state index in [0.717, 1.165) is 21.4 Å². The van der Waals surface area contributed by atoms with Gasteiger partial charge >= 0.3 is 5.97 Å². The quantitative estimate of drug-likeness (QED) is 0.860. The van der Waals surface area contributed by atoms with Crippen molar-refractivity contribution in [2.24, 2.45) is 13.0 Å². The van der Waals surface area contributed by atoms with E-state index in [1.165, 1.54) is 0 Å². The van der Waals surface area contributed by atoms with E-state index in [1.807, 2.05) is 42.1 Å². The summed E-state index contributed by atoms with van der Waals surface area (Å²) in [6.45, 7) is -0.550. The number of nitrogens with zero attached hydrogens (tertiary/aromatic N) is 2. The number of hydrogen-bond donors (Lipinski definition) is 1. The van der Waals surface area contributed by atoms with E-state index in [9.17, 15) is 14.4 Å². The summed E-state index contributed by atoms with van der Waals surface area (Å²) in [7, 11) is 1.96. The lowest BCUT2D eigenvalue weighted by atomic mass is 9.97. The number of amides is 2. The van der Waals surface area contributed by atoms with Gasteiger partial charge in [0.05, 0.1) is 5.92 Å². The second kappa shape index (κ2) is 5.29. The van der Waals surface area contributed by atoms with Crippen LogP contribution in [0.25, 0.3) is 10.9 Å². The van der Waals surface area contributed by atoms with Crippen LogP contribution in [0.5, 0.6) is 0 Å². The number of carboxylic acids is 1. The van der Waals surface area contributed by atoms with Crippen LogP contribution >= 0.6 is 0 Å². The SMILES string of the molecule is Cn1ccc2cc(CC3CC(=O)N(CC(=O)O)C3=O)ccc21. The first-order valence-electron chi connectivity index (χ1n) is 7.05. The van der Waals surface area contributed by atoms with Gasteiger partial charge < -0.3 is 9.67 Å². The maximum absolute atomic E-state index is 12.2. The maximum atomic E-state index is 12.2. The Morgan fingerprint density at radius 1 is 1.32 bits per heavy atom. The number of carbonyl (C=O) groups excluding carboxylic acids is 2. The predicted octanol–water partition coefficient (Wildman–Crippen LogP) is 1.18. The molecule has 1 atom stereocenters. The van der Waals surface area contributed by atoms with E-state index in [4.69, 9.17) is 5.11 Å². The number of hydrogen-bond acceptors (Lipinski definition) is 3. The van der Waals surface area contributed by atoms with Crippen molar-refractivity contribution in [3.05, 3.63) is 36.0 Å². The van der Waals surface area contributed by atoms with Crippen molar-refractivity contribution in [1.82, 2.24) is 9.47 Å². The van der Waals surface area contributed by atoms with Crippen LogP contribution in [0.1, 0.15) is 12.0 Å². The second-order valence-electron chi connectivity index (χ2n) is 5.64. The standard InChI is InChI=1S/C16H16N2O4/c1-17-5-4-11-6-10(2-3-13(11)17)7-12-8-14(19)18(16(12)22)9-15(20)21/h2-6,12H,7-9H2,1H3,(H,20,21). The van der Waals surface area contributed by atoms with Crippen molar-refractivity contribution in [2.45, 2.75) is 12.8 Å². The molecule has 22 heavy (non-hydrogen) atoms. The van der Waals surface area contributed by atoms with Gasteiger partial charge in [-0.25, -0.2) is 0 Å². The zero-order valence-electron chi connectivity index (χ0n) is 12.2. The smallest absolute Gasteiger partial charge is 0.323 e. The molecule has 0 saturated carbocycles. The number of imide groups is 1. The lowest BCUT2D eigenvalue weighted by Gasteiger charge is -2.12. The number of aryl methyl sites for hydroxylation is 1. The normalized spacial score (nSPS) is 18.4. The summed E-state index contributed by atoms with van der Waals surface area (Å²) in [6.07, 6.45) is 2.50. The van der Waals surface area contributed by atoms with Gasteiger partial charge in [-0.3, -0.25) is 19.3 Å². The molecule has 1 aromatic heterocycles. The molecule has 3 rings (SSSR count). The highest BCUT2D eigenvalue weighted by Crippen LogP contribution is 2.25. The van der Waals surface area contributed by atoms with Crippen molar-refractivity contribution in [3.8, 4) is 0 Å². The molecule has 1 saturated heterocycles. The first-order valence-corrected chi connectivity index (χ1v) is 7.05. The fourth-order valence-electron chi connectivity index (χ4n) is 2.95. The van der Waals surface area contributed by atoms with Crippen LogP contribution in [-0.4, -0.2) is 38.9 Å². The summed E-state index contributed by atoms with van der Waals surface area (Å²) < 4.78 is 2.01. The molecular formula is C16H16N2O4. The van der Waals surface area contributed by atoms with Gasteiger partial charge in [0.1, 0.15) is 6.54 Å². The molecule has 1 aliphatic rings. The van der Waals surface area contributed by atoms with Crippen molar-refractivity contribution in [3.63, 3.8) is 0 Å². The Morgan fingerprint density at radius 2 is 2.09 bits per heavy atom. The van der Waals surface area contributed by atoms with Crippen molar-refractivity contribution >= 4 is 28.7 Å². The molecule has 1 fully saturated rings. The molecule has 1 unspecified atom stereocenters. The number of carboxylic acid groups (broad SMARTS) is 1. The Kier molecular flexibility index (Phi) is 3.44. The molecule has 0 bridgehead atoms. The molecule has 0 aliphatic carbocycles. The molecule has 6 heteroatoms. The van der Waals surface area contributed by atoms with Gasteiger partial charge in [-0.15, -0.1) is 0 Å². The highest BCUT2D eigenvalue weighted by Gasteiger charge is 2.39. The summed E-state index contributed by atoms with van der Waals surface area (Å²) in [5.41, 5.74) is 2.08. The summed E-state index contributed by atoms with van der Waals surface area (Å²) >= 11 is 0. The topological polar surface area (TPSA) is 79.6 Å². The van der Waals surface area contributed by atoms with Gasteiger partial charge in [-0.2, -0.15) is 0 Å². The fraction of sp³-hybridized carbons (Fsp3) is 0.312. The summed E-state index contributed by atoms with van der Waals surface area (Å²) in [4.78, 5) is 35.5. The largest absolute Gasteiger partial charge is 0.480 e. The zero-order valence-corrected chi connectivity index (χ0v) is 12.2. The van der Waals surface area contributed by atoms with Crippen LogP contribution in [0.3, 0.4) is 0 Å². The van der Waals surface area contributed by atoms with E-state index in [0.29, 0.717) is 6.42 Å². The minimum atomic E-state index is -1.17. The molecular weight excluding hydrogens is 284 g/mol. The molecule has 1 aromatic carbocycles. The molecule has 2 aromatic rings. The number of fused-ring (bicyclic) bond motifs is 1. The van der Waals surface area contributed by atoms with Gasteiger partial charge in [-0.1, -0.05) is 6.07 Å². The van der Waals surface area contributed by atoms with Gasteiger partial charge in [-0.05, 0) is 35.6 Å². The lowest BCUT2D eigenvalue weighted by Crippen LogP contribution is -2.35. The van der Waals surface area contributed by atoms with E-state index < -0.39 is 24.3 Å². The average molecular weight is 300 g/mol. The first-order chi connectivity index (χ1) is 10.5. The predicted molar refractivity (Wildman–Crippen MR) is 79.1 cm³/mol. The molecule has 0 radical (unpaired) electrons. The number of likely N-dealkylation sites (tertiary alicyclic amines) is 1. The van der Waals surface area contributed by atoms with Crippen molar-refractivity contribution in [2.75, 3.05) is 6.54 Å². The maximum Gasteiger partial charge on any atom is 0.323 e. The highest BCUT2D eigenvalue weighted by atomic mass is 16.4. The Bertz CT molecular complexity index is 778. The molecule has 0 spiro atoms. The van der Waals surface area contributed by atoms with E-state index in [2.05, 4.69) is 0 Å². The third-order valence-corrected chi connectivity index (χ3v) is 4.06. The average Bonchev–Trinajstić information content (AvgIpc) is 2.94. The van der Waals surface area contributed by atoms with Gasteiger partial charge in [0.2, 0.25) is 11.8 Å². The number of aromatic nitrogens is 1. The molecule has 2 amide bonds. The Morgan fingerprint density at radius 3 is 2.82 bits per heavy atom. The number of benzene rings is 1. The minimum Gasteiger partial charge on any atom is -0.480 e. The van der Waals surface area contributed by atoms with E-state index in [1.54, 1.807) is 0 Å². The Balaban J connectivity index is 1.78. The number of carbonyl (C=O) groups is 3. The second-order valence-corrected chi connectivity index (χ2v) is 5.64. The third-order valence-electron chi connectivity index (χ3n) is 4.06. The molecule has 2 heterocycles. The molecule has 1 aliphatic heterocycles. The van der Waals surface area contributed by atoms with E-state index in [-0.39, 0.29) is 12.3 Å².